The van der Waals surface area contributed by atoms with Crippen LogP contribution in [-0.2, 0) is 0 Å². The van der Waals surface area contributed by atoms with Crippen molar-refractivity contribution in [3.8, 4) is 74.7 Å². The summed E-state index contributed by atoms with van der Waals surface area (Å²) in [6.45, 7) is 0. The van der Waals surface area contributed by atoms with E-state index in [1.807, 2.05) is 36.4 Å². The third-order valence-electron chi connectivity index (χ3n) is 15.3. The van der Waals surface area contributed by atoms with Crippen LogP contribution in [0.2, 0.25) is 0 Å². The van der Waals surface area contributed by atoms with Crippen LogP contribution in [0.1, 0.15) is 0 Å². The Kier molecular flexibility index (Phi) is 8.34. The molecule has 0 atom stereocenters. The summed E-state index contributed by atoms with van der Waals surface area (Å²) in [6, 6.07) is 80.9. The molecule has 0 aliphatic carbocycles. The Bertz CT molecular complexity index is 3950. The van der Waals surface area contributed by atoms with Crippen LogP contribution in [0.3, 0.4) is 0 Å². The molecule has 0 bridgehead atoms. The number of aromatic nitrogens is 4. The van der Waals surface area contributed by atoms with Gasteiger partial charge in [0, 0.05) is 21.9 Å². The molecule has 2 aromatic heterocycles. The molecule has 0 saturated heterocycles. The minimum absolute atomic E-state index is 0.502. The van der Waals surface area contributed by atoms with Gasteiger partial charge in [-0.3, -0.25) is 4.57 Å². The van der Waals surface area contributed by atoms with Crippen molar-refractivity contribution in [2.45, 2.75) is 0 Å². The van der Waals surface area contributed by atoms with Gasteiger partial charge in [0.1, 0.15) is 46.0 Å². The molecule has 2 spiro atoms. The Balaban J connectivity index is 0.931. The van der Waals surface area contributed by atoms with Gasteiger partial charge in [0.25, 0.3) is 0 Å². The van der Waals surface area contributed by atoms with Gasteiger partial charge in [-0.1, -0.05) is 170 Å². The maximum Gasteiger partial charge on any atom is 0.238 e. The number of nitrogens with zero attached hydrogens (tertiary/aromatic N) is 4. The normalized spacial score (nSPS) is 14.4. The molecule has 0 N–H and O–H groups in total. The van der Waals surface area contributed by atoms with E-state index in [9.17, 15) is 0 Å². The van der Waals surface area contributed by atoms with Gasteiger partial charge in [0.15, 0.2) is 27.8 Å². The Morgan fingerprint density at radius 1 is 0.274 bits per heavy atom. The van der Waals surface area contributed by atoms with E-state index in [0.29, 0.717) is 17.6 Å². The van der Waals surface area contributed by atoms with Crippen LogP contribution in [0.25, 0.3) is 50.5 Å². The summed E-state index contributed by atoms with van der Waals surface area (Å²) in [7, 11) is -5.96. The minimum atomic E-state index is -2.98. The third-order valence-corrected chi connectivity index (χ3v) is 25.1. The number of hydrogen-bond acceptors (Lipinski definition) is 7. The quantitative estimate of drug-likeness (QED) is 0.163. The predicted octanol–water partition coefficient (Wildman–Crippen LogP) is 9.48. The van der Waals surface area contributed by atoms with E-state index in [0.717, 1.165) is 89.3 Å². The molecule has 73 heavy (non-hydrogen) atoms. The molecule has 10 heteroatoms. The van der Waals surface area contributed by atoms with Gasteiger partial charge in [0.05, 0.1) is 11.0 Å². The van der Waals surface area contributed by atoms with Crippen LogP contribution in [0, 0.1) is 0 Å². The van der Waals surface area contributed by atoms with Crippen LogP contribution >= 0.6 is 0 Å². The van der Waals surface area contributed by atoms with Crippen molar-refractivity contribution in [3.05, 3.63) is 231 Å². The highest BCUT2D eigenvalue weighted by Gasteiger charge is 2.54. The fourth-order valence-corrected chi connectivity index (χ4v) is 22.6. The molecule has 8 nitrogen and oxygen atoms in total. The fraction of sp³-hybridized carbons (Fsp3) is 0. The van der Waals surface area contributed by atoms with Gasteiger partial charge in [0.2, 0.25) is 5.95 Å². The van der Waals surface area contributed by atoms with E-state index in [4.69, 9.17) is 33.9 Å². The molecule has 6 heterocycles. The summed E-state index contributed by atoms with van der Waals surface area (Å²) in [5.41, 5.74) is 3.59. The highest BCUT2D eigenvalue weighted by molar-refractivity contribution is 7.22. The number of rotatable bonds is 3. The van der Waals surface area contributed by atoms with Crippen LogP contribution in [0.15, 0.2) is 231 Å². The van der Waals surface area contributed by atoms with Gasteiger partial charge in [-0.25, -0.2) is 4.98 Å². The lowest BCUT2D eigenvalue weighted by Gasteiger charge is -2.43. The zero-order valence-electron chi connectivity index (χ0n) is 38.9. The largest absolute Gasteiger partial charge is 0.458 e. The van der Waals surface area contributed by atoms with Crippen molar-refractivity contribution in [2.24, 2.45) is 0 Å². The Labute approximate surface area is 421 Å². The molecule has 0 fully saturated rings. The van der Waals surface area contributed by atoms with Gasteiger partial charge in [-0.05, 0) is 102 Å². The van der Waals surface area contributed by atoms with Crippen molar-refractivity contribution < 1.29 is 18.9 Å². The zero-order valence-corrected chi connectivity index (χ0v) is 40.9. The molecule has 4 aliphatic rings. The SMILES string of the molecule is c1ccc2c(c1)Oc1ccccc1[Si]21c2ccccc2Oc2cc(-c3nc(-c4ccc5c(c4)Oc4ccccc4[Si]54c5ccccc5Oc5ccccc54)nc(-n4c5ccccc5c5ccccc54)n3)ccc21. The van der Waals surface area contributed by atoms with Gasteiger partial charge >= 0.3 is 0 Å². The number of para-hydroxylation sites is 8. The highest BCUT2D eigenvalue weighted by atomic mass is 28.3. The lowest BCUT2D eigenvalue weighted by molar-refractivity contribution is 0.481. The fourth-order valence-electron chi connectivity index (χ4n) is 12.4. The standard InChI is InChI=1S/C63H38N4O4Si2/c1-3-19-43-41(17-1)42-18-2-4-20-44(42)67(43)63-65-61(39-33-35-59-51(37-39)70-49-25-9-15-31-57(49)72(59)53-27-11-5-21-45(53)68-46-22-6-12-28-54(46)72)64-62(66-63)40-34-36-60-52(38-40)71-50-26-10-16-32-58(50)73(60)55-29-13-7-23-47(55)69-48-24-8-14-30-56(48)73/h1-38H. The van der Waals surface area contributed by atoms with Crippen molar-refractivity contribution in [1.82, 2.24) is 19.5 Å². The van der Waals surface area contributed by atoms with E-state index in [1.165, 1.54) is 31.1 Å². The minimum Gasteiger partial charge on any atom is -0.458 e. The van der Waals surface area contributed by atoms with E-state index in [-0.39, 0.29) is 0 Å². The predicted molar refractivity (Wildman–Crippen MR) is 293 cm³/mol. The molecule has 0 amide bonds. The average molecular weight is 971 g/mol. The lowest BCUT2D eigenvalue weighted by atomic mass is 10.1. The topological polar surface area (TPSA) is 80.5 Å². The maximum atomic E-state index is 7.02. The molecule has 0 saturated carbocycles. The van der Waals surface area contributed by atoms with Crippen molar-refractivity contribution in [3.63, 3.8) is 0 Å². The molecule has 12 aromatic rings. The van der Waals surface area contributed by atoms with Crippen LogP contribution in [0.5, 0.6) is 46.0 Å². The first-order valence-corrected chi connectivity index (χ1v) is 28.5. The number of hydrogen-bond donors (Lipinski definition) is 0. The van der Waals surface area contributed by atoms with E-state index < -0.39 is 16.1 Å². The molecule has 342 valence electrons. The molecule has 10 aromatic carbocycles. The Hall–Kier alpha value is -9.36. The number of benzene rings is 10. The molecule has 0 radical (unpaired) electrons. The molecule has 0 unspecified atom stereocenters. The van der Waals surface area contributed by atoms with Gasteiger partial charge in [-0.2, -0.15) is 9.97 Å². The van der Waals surface area contributed by atoms with Crippen LogP contribution in [-0.4, -0.2) is 35.7 Å². The second kappa shape index (κ2) is 15.1. The third kappa shape index (κ3) is 5.50. The smallest absolute Gasteiger partial charge is 0.238 e. The molecule has 16 rings (SSSR count). The van der Waals surface area contributed by atoms with Crippen LogP contribution in [0.4, 0.5) is 0 Å². The second-order valence-corrected chi connectivity index (χ2v) is 26.3. The molecule has 4 aliphatic heterocycles. The summed E-state index contributed by atoms with van der Waals surface area (Å²) in [5, 5.41) is 11.6. The molecular formula is C63H38N4O4Si2. The summed E-state index contributed by atoms with van der Waals surface area (Å²) >= 11 is 0. The average Bonchev–Trinajstić information content (AvgIpc) is 3.79. The van der Waals surface area contributed by atoms with E-state index >= 15 is 0 Å². The number of fused-ring (bicyclic) bond motifs is 19. The summed E-state index contributed by atoms with van der Waals surface area (Å²) in [5.74, 6) is 8.20. The zero-order chi connectivity index (χ0) is 47.8. The monoisotopic (exact) mass is 970 g/mol. The maximum absolute atomic E-state index is 7.02. The first-order valence-electron chi connectivity index (χ1n) is 24.5. The van der Waals surface area contributed by atoms with Gasteiger partial charge < -0.3 is 18.9 Å². The van der Waals surface area contributed by atoms with Gasteiger partial charge in [-0.15, -0.1) is 0 Å². The summed E-state index contributed by atoms with van der Waals surface area (Å²) in [4.78, 5) is 16.2. The summed E-state index contributed by atoms with van der Waals surface area (Å²) < 4.78 is 29.5. The van der Waals surface area contributed by atoms with Crippen LogP contribution < -0.4 is 60.4 Å². The van der Waals surface area contributed by atoms with Crippen molar-refractivity contribution in [2.75, 3.05) is 0 Å². The first-order chi connectivity index (χ1) is 36.2. The van der Waals surface area contributed by atoms with E-state index in [1.54, 1.807) is 0 Å². The lowest BCUT2D eigenvalue weighted by Crippen LogP contribution is -2.77. The van der Waals surface area contributed by atoms with Crippen molar-refractivity contribution >= 4 is 79.4 Å². The summed E-state index contributed by atoms with van der Waals surface area (Å²) in [6.07, 6.45) is 0. The first kappa shape index (κ1) is 40.4. The van der Waals surface area contributed by atoms with E-state index in [2.05, 4.69) is 199 Å². The Morgan fingerprint density at radius 3 is 0.918 bits per heavy atom. The highest BCUT2D eigenvalue weighted by Crippen LogP contribution is 2.41. The second-order valence-electron chi connectivity index (χ2n) is 19.0. The molecular weight excluding hydrogens is 933 g/mol. The van der Waals surface area contributed by atoms with Crippen molar-refractivity contribution in [1.29, 1.82) is 0 Å². The Morgan fingerprint density at radius 2 is 0.562 bits per heavy atom. The number of ether oxygens (including phenoxy) is 4.